The first kappa shape index (κ1) is 26.0. The molecule has 0 radical (unpaired) electrons. The van der Waals surface area contributed by atoms with Crippen LogP contribution in [0, 0.1) is 0 Å². The summed E-state index contributed by atoms with van der Waals surface area (Å²) in [7, 11) is 0. The highest BCUT2D eigenvalue weighted by molar-refractivity contribution is 6.28. The van der Waals surface area contributed by atoms with Gasteiger partial charge in [-0.1, -0.05) is 127 Å². The van der Waals surface area contributed by atoms with Gasteiger partial charge >= 0.3 is 0 Å². The number of para-hydroxylation sites is 2. The zero-order valence-corrected chi connectivity index (χ0v) is 25.4. The number of furan rings is 1. The summed E-state index contributed by atoms with van der Waals surface area (Å²) in [6.07, 6.45) is 1.97. The van der Waals surface area contributed by atoms with Gasteiger partial charge in [0.05, 0.1) is 5.52 Å². The van der Waals surface area contributed by atoms with Gasteiger partial charge in [-0.3, -0.25) is 4.98 Å². The minimum absolute atomic E-state index is 0.885. The van der Waals surface area contributed by atoms with E-state index in [9.17, 15) is 0 Å². The molecule has 47 heavy (non-hydrogen) atoms. The summed E-state index contributed by atoms with van der Waals surface area (Å²) in [5, 5.41) is 9.98. The molecule has 0 atom stereocenters. The Balaban J connectivity index is 1.14. The second-order valence-corrected chi connectivity index (χ2v) is 12.4. The molecule has 2 aromatic heterocycles. The van der Waals surface area contributed by atoms with E-state index in [-0.39, 0.29) is 0 Å². The van der Waals surface area contributed by atoms with Crippen molar-refractivity contribution >= 4 is 54.2 Å². The average molecular weight is 598 g/mol. The fourth-order valence-electron chi connectivity index (χ4n) is 7.32. The standard InChI is InChI=1S/C45H27NO/c1-3-10-41-34(6-1)24-36(27-46-41)28-12-14-29(15-13-28)39-26-40(38-23-21-33-9-5-8-32-20-22-37(39)45(38)44(32)33)30-16-18-31(19-17-30)43-25-35-7-2-4-11-42(35)47-43/h1-27H. The number of rotatable bonds is 4. The molecule has 2 heterocycles. The van der Waals surface area contributed by atoms with E-state index in [1.54, 1.807) is 0 Å². The molecular weight excluding hydrogens is 571 g/mol. The number of hydrogen-bond acceptors (Lipinski definition) is 2. The summed E-state index contributed by atoms with van der Waals surface area (Å²) in [6, 6.07) is 56.7. The van der Waals surface area contributed by atoms with Crippen LogP contribution in [0.5, 0.6) is 0 Å². The van der Waals surface area contributed by atoms with Crippen LogP contribution in [-0.4, -0.2) is 4.98 Å². The molecule has 0 saturated carbocycles. The van der Waals surface area contributed by atoms with Gasteiger partial charge in [-0.25, -0.2) is 0 Å². The Bertz CT molecular complexity index is 2720. The van der Waals surface area contributed by atoms with Crippen LogP contribution >= 0.6 is 0 Å². The normalized spacial score (nSPS) is 11.8. The van der Waals surface area contributed by atoms with Crippen LogP contribution in [0.2, 0.25) is 0 Å². The van der Waals surface area contributed by atoms with Gasteiger partial charge < -0.3 is 4.42 Å². The van der Waals surface area contributed by atoms with Gasteiger partial charge in [0.1, 0.15) is 11.3 Å². The first-order valence-electron chi connectivity index (χ1n) is 16.0. The van der Waals surface area contributed by atoms with E-state index in [0.717, 1.165) is 44.3 Å². The van der Waals surface area contributed by atoms with E-state index in [4.69, 9.17) is 9.40 Å². The third-order valence-corrected chi connectivity index (χ3v) is 9.67. The fourth-order valence-corrected chi connectivity index (χ4v) is 7.32. The van der Waals surface area contributed by atoms with E-state index >= 15 is 0 Å². The molecule has 2 nitrogen and oxygen atoms in total. The summed E-state index contributed by atoms with van der Waals surface area (Å²) >= 11 is 0. The molecule has 0 amide bonds. The lowest BCUT2D eigenvalue weighted by atomic mass is 9.85. The molecule has 0 spiro atoms. The van der Waals surface area contributed by atoms with Gasteiger partial charge in [-0.2, -0.15) is 0 Å². The SMILES string of the molecule is c1ccc2ncc(-c3ccc(-c4cc(-c5ccc(-c6cc7ccccc7o6)cc5)c5ccc6cccc7ccc4c5c76)cc3)cc2c1. The van der Waals surface area contributed by atoms with Crippen molar-refractivity contribution in [3.63, 3.8) is 0 Å². The molecule has 0 aliphatic carbocycles. The van der Waals surface area contributed by atoms with Crippen molar-refractivity contribution in [3.8, 4) is 44.7 Å². The van der Waals surface area contributed by atoms with Crippen molar-refractivity contribution in [3.05, 3.63) is 164 Å². The molecular formula is C45H27NO. The molecule has 0 N–H and O–H groups in total. The van der Waals surface area contributed by atoms with Gasteiger partial charge in [0.25, 0.3) is 0 Å². The van der Waals surface area contributed by atoms with E-state index in [2.05, 4.69) is 133 Å². The Morgan fingerprint density at radius 3 is 1.68 bits per heavy atom. The lowest BCUT2D eigenvalue weighted by Crippen LogP contribution is -1.91. The van der Waals surface area contributed by atoms with Gasteiger partial charge in [-0.15, -0.1) is 0 Å². The maximum Gasteiger partial charge on any atom is 0.135 e. The monoisotopic (exact) mass is 597 g/mol. The van der Waals surface area contributed by atoms with E-state index < -0.39 is 0 Å². The largest absolute Gasteiger partial charge is 0.456 e. The quantitative estimate of drug-likeness (QED) is 0.189. The van der Waals surface area contributed by atoms with Gasteiger partial charge in [0.15, 0.2) is 0 Å². The van der Waals surface area contributed by atoms with Crippen molar-refractivity contribution in [2.24, 2.45) is 0 Å². The number of pyridine rings is 1. The number of hydrogen-bond donors (Lipinski definition) is 0. The molecule has 0 unspecified atom stereocenters. The summed E-state index contributed by atoms with van der Waals surface area (Å²) < 4.78 is 6.18. The zero-order valence-electron chi connectivity index (χ0n) is 25.4. The van der Waals surface area contributed by atoms with E-state index in [1.165, 1.54) is 54.6 Å². The summed E-state index contributed by atoms with van der Waals surface area (Å²) in [5.41, 5.74) is 10.1. The Morgan fingerprint density at radius 2 is 0.979 bits per heavy atom. The predicted octanol–water partition coefficient (Wildman–Crippen LogP) is 12.5. The van der Waals surface area contributed by atoms with E-state index in [1.807, 2.05) is 30.5 Å². The Hall–Kier alpha value is -6.25. The van der Waals surface area contributed by atoms with Crippen LogP contribution in [0.25, 0.3) is 98.9 Å². The molecule has 0 aliphatic rings. The number of benzene rings is 8. The van der Waals surface area contributed by atoms with Crippen LogP contribution in [0.3, 0.4) is 0 Å². The number of aromatic nitrogens is 1. The second-order valence-electron chi connectivity index (χ2n) is 12.4. The fraction of sp³-hybridized carbons (Fsp3) is 0. The van der Waals surface area contributed by atoms with Crippen LogP contribution in [0.1, 0.15) is 0 Å². The summed E-state index contributed by atoms with van der Waals surface area (Å²) in [4.78, 5) is 4.70. The predicted molar refractivity (Wildman–Crippen MR) is 197 cm³/mol. The second kappa shape index (κ2) is 10.1. The molecule has 10 aromatic rings. The Labute approximate surface area is 271 Å². The van der Waals surface area contributed by atoms with Gasteiger partial charge in [0.2, 0.25) is 0 Å². The third-order valence-electron chi connectivity index (χ3n) is 9.67. The van der Waals surface area contributed by atoms with Crippen molar-refractivity contribution in [1.29, 1.82) is 0 Å². The van der Waals surface area contributed by atoms with Gasteiger partial charge in [0, 0.05) is 28.1 Å². The first-order chi connectivity index (χ1) is 23.3. The maximum atomic E-state index is 6.18. The molecule has 218 valence electrons. The van der Waals surface area contributed by atoms with Crippen LogP contribution in [0.15, 0.2) is 168 Å². The molecule has 8 aromatic carbocycles. The number of nitrogens with zero attached hydrogens (tertiary/aromatic N) is 1. The van der Waals surface area contributed by atoms with Crippen LogP contribution < -0.4 is 0 Å². The highest BCUT2D eigenvalue weighted by Crippen LogP contribution is 2.44. The Morgan fingerprint density at radius 1 is 0.383 bits per heavy atom. The molecule has 0 saturated heterocycles. The number of fused-ring (bicyclic) bond motifs is 2. The van der Waals surface area contributed by atoms with Crippen molar-refractivity contribution < 1.29 is 4.42 Å². The maximum absolute atomic E-state index is 6.18. The van der Waals surface area contributed by atoms with Crippen molar-refractivity contribution in [2.75, 3.05) is 0 Å². The third kappa shape index (κ3) is 4.16. The molecule has 10 rings (SSSR count). The highest BCUT2D eigenvalue weighted by Gasteiger charge is 2.17. The smallest absolute Gasteiger partial charge is 0.135 e. The van der Waals surface area contributed by atoms with Gasteiger partial charge in [-0.05, 0) is 90.5 Å². The van der Waals surface area contributed by atoms with E-state index in [0.29, 0.717) is 0 Å². The average Bonchev–Trinajstić information content (AvgIpc) is 3.58. The topological polar surface area (TPSA) is 26.0 Å². The van der Waals surface area contributed by atoms with Crippen LogP contribution in [0.4, 0.5) is 0 Å². The van der Waals surface area contributed by atoms with Crippen molar-refractivity contribution in [2.45, 2.75) is 0 Å². The minimum Gasteiger partial charge on any atom is -0.456 e. The zero-order chi connectivity index (χ0) is 30.9. The molecule has 2 heteroatoms. The molecule has 0 bridgehead atoms. The lowest BCUT2D eigenvalue weighted by Gasteiger charge is -2.18. The molecule has 0 aliphatic heterocycles. The minimum atomic E-state index is 0.885. The lowest BCUT2D eigenvalue weighted by molar-refractivity contribution is 0.631. The summed E-state index contributed by atoms with van der Waals surface area (Å²) in [6.45, 7) is 0. The van der Waals surface area contributed by atoms with Crippen molar-refractivity contribution in [1.82, 2.24) is 4.98 Å². The Kier molecular flexibility index (Phi) is 5.61. The summed E-state index contributed by atoms with van der Waals surface area (Å²) in [5.74, 6) is 0.885. The molecule has 0 fully saturated rings. The first-order valence-corrected chi connectivity index (χ1v) is 16.0. The van der Waals surface area contributed by atoms with Crippen LogP contribution in [-0.2, 0) is 0 Å². The highest BCUT2D eigenvalue weighted by atomic mass is 16.3.